The molecule has 2 heterocycles. The third kappa shape index (κ3) is 3.02. The first-order chi connectivity index (χ1) is 10.8. The topological polar surface area (TPSA) is 88.5 Å². The molecule has 0 amide bonds. The van der Waals surface area contributed by atoms with Gasteiger partial charge in [0.25, 0.3) is 0 Å². The summed E-state index contributed by atoms with van der Waals surface area (Å²) in [6, 6.07) is 2.45. The SMILES string of the molecule is CO.Nc1cc(NC2CCCCC2)nc2c(C3CC3)cnn12. The number of aromatic nitrogens is 3. The van der Waals surface area contributed by atoms with Crippen molar-refractivity contribution in [2.24, 2.45) is 0 Å². The minimum atomic E-state index is 0.547. The number of nitrogens with zero attached hydrogens (tertiary/aromatic N) is 3. The highest BCUT2D eigenvalue weighted by atomic mass is 16.2. The van der Waals surface area contributed by atoms with Gasteiger partial charge < -0.3 is 16.2 Å². The Morgan fingerprint density at radius 3 is 2.59 bits per heavy atom. The summed E-state index contributed by atoms with van der Waals surface area (Å²) < 4.78 is 1.76. The number of nitrogens with two attached hydrogens (primary N) is 1. The zero-order chi connectivity index (χ0) is 15.5. The molecule has 4 rings (SSSR count). The van der Waals surface area contributed by atoms with Crippen LogP contribution in [0.1, 0.15) is 56.4 Å². The zero-order valence-electron chi connectivity index (χ0n) is 13.1. The van der Waals surface area contributed by atoms with Crippen LogP contribution in [0, 0.1) is 0 Å². The first-order valence-corrected chi connectivity index (χ1v) is 8.16. The van der Waals surface area contributed by atoms with E-state index in [0.29, 0.717) is 17.8 Å². The fourth-order valence-electron chi connectivity index (χ4n) is 3.22. The van der Waals surface area contributed by atoms with Gasteiger partial charge in [-0.2, -0.15) is 9.61 Å². The summed E-state index contributed by atoms with van der Waals surface area (Å²) in [5.74, 6) is 2.22. The molecule has 0 saturated heterocycles. The minimum absolute atomic E-state index is 0.547. The van der Waals surface area contributed by atoms with Gasteiger partial charge in [0.05, 0.1) is 6.20 Å². The van der Waals surface area contributed by atoms with Gasteiger partial charge in [-0.15, -0.1) is 0 Å². The summed E-state index contributed by atoms with van der Waals surface area (Å²) >= 11 is 0. The van der Waals surface area contributed by atoms with Crippen molar-refractivity contribution in [3.8, 4) is 0 Å². The number of aliphatic hydroxyl groups is 1. The lowest BCUT2D eigenvalue weighted by atomic mass is 9.95. The molecule has 120 valence electrons. The smallest absolute Gasteiger partial charge is 0.163 e. The molecule has 6 heteroatoms. The Morgan fingerprint density at radius 2 is 1.91 bits per heavy atom. The van der Waals surface area contributed by atoms with Crippen molar-refractivity contribution in [3.05, 3.63) is 17.8 Å². The van der Waals surface area contributed by atoms with Crippen LogP contribution in [-0.2, 0) is 0 Å². The third-order valence-electron chi connectivity index (χ3n) is 4.50. The number of hydrogen-bond acceptors (Lipinski definition) is 5. The van der Waals surface area contributed by atoms with Crippen LogP contribution in [0.5, 0.6) is 0 Å². The number of hydrogen-bond donors (Lipinski definition) is 3. The molecule has 2 fully saturated rings. The molecule has 0 bridgehead atoms. The van der Waals surface area contributed by atoms with E-state index in [-0.39, 0.29) is 0 Å². The maximum Gasteiger partial charge on any atom is 0.163 e. The summed E-state index contributed by atoms with van der Waals surface area (Å²) in [7, 11) is 1.00. The number of aliphatic hydroxyl groups excluding tert-OH is 1. The molecule has 0 unspecified atom stereocenters. The number of rotatable bonds is 3. The second-order valence-corrected chi connectivity index (χ2v) is 6.16. The Bertz CT molecular complexity index is 629. The fourth-order valence-corrected chi connectivity index (χ4v) is 3.22. The molecule has 0 atom stereocenters. The third-order valence-corrected chi connectivity index (χ3v) is 4.50. The van der Waals surface area contributed by atoms with Crippen molar-refractivity contribution in [2.75, 3.05) is 18.2 Å². The summed E-state index contributed by atoms with van der Waals surface area (Å²) in [4.78, 5) is 4.76. The van der Waals surface area contributed by atoms with Crippen LogP contribution in [-0.4, -0.2) is 32.9 Å². The molecule has 0 spiro atoms. The van der Waals surface area contributed by atoms with Crippen molar-refractivity contribution in [3.63, 3.8) is 0 Å². The number of nitrogens with one attached hydrogen (secondary N) is 1. The summed E-state index contributed by atoms with van der Waals surface area (Å²) in [5, 5.41) is 14.9. The molecule has 0 aliphatic heterocycles. The van der Waals surface area contributed by atoms with Crippen molar-refractivity contribution < 1.29 is 5.11 Å². The Balaban J connectivity index is 0.000000693. The highest BCUT2D eigenvalue weighted by Crippen LogP contribution is 2.42. The van der Waals surface area contributed by atoms with Crippen LogP contribution < -0.4 is 11.1 Å². The van der Waals surface area contributed by atoms with Gasteiger partial charge in [0.2, 0.25) is 0 Å². The van der Waals surface area contributed by atoms with E-state index in [2.05, 4.69) is 10.4 Å². The van der Waals surface area contributed by atoms with Gasteiger partial charge in [-0.25, -0.2) is 4.98 Å². The van der Waals surface area contributed by atoms with Crippen molar-refractivity contribution in [1.29, 1.82) is 0 Å². The van der Waals surface area contributed by atoms with Gasteiger partial charge in [-0.3, -0.25) is 0 Å². The highest BCUT2D eigenvalue weighted by Gasteiger charge is 2.28. The maximum atomic E-state index is 7.00. The van der Waals surface area contributed by atoms with Gasteiger partial charge >= 0.3 is 0 Å². The predicted molar refractivity (Wildman–Crippen MR) is 88.0 cm³/mol. The van der Waals surface area contributed by atoms with Crippen LogP contribution in [0.4, 0.5) is 11.6 Å². The number of fused-ring (bicyclic) bond motifs is 1. The van der Waals surface area contributed by atoms with Gasteiger partial charge in [-0.05, 0) is 31.6 Å². The molecule has 4 N–H and O–H groups in total. The molecule has 2 aromatic heterocycles. The van der Waals surface area contributed by atoms with E-state index < -0.39 is 0 Å². The van der Waals surface area contributed by atoms with Crippen LogP contribution >= 0.6 is 0 Å². The number of nitrogen functional groups attached to an aromatic ring is 1. The average molecular weight is 303 g/mol. The van der Waals surface area contributed by atoms with E-state index in [9.17, 15) is 0 Å². The predicted octanol–water partition coefficient (Wildman–Crippen LogP) is 2.54. The Labute approximate surface area is 130 Å². The molecule has 6 nitrogen and oxygen atoms in total. The van der Waals surface area contributed by atoms with Gasteiger partial charge in [0.15, 0.2) is 5.65 Å². The summed E-state index contributed by atoms with van der Waals surface area (Å²) in [6.07, 6.45) is 10.9. The second-order valence-electron chi connectivity index (χ2n) is 6.16. The van der Waals surface area contributed by atoms with Crippen LogP contribution in [0.25, 0.3) is 5.65 Å². The summed E-state index contributed by atoms with van der Waals surface area (Å²) in [5.41, 5.74) is 8.31. The van der Waals surface area contributed by atoms with Gasteiger partial charge in [-0.1, -0.05) is 19.3 Å². The molecule has 0 aromatic carbocycles. The van der Waals surface area contributed by atoms with Crippen LogP contribution in [0.2, 0.25) is 0 Å². The Hall–Kier alpha value is -1.82. The first-order valence-electron chi connectivity index (χ1n) is 8.16. The number of anilines is 2. The second kappa shape index (κ2) is 6.52. The molecular weight excluding hydrogens is 278 g/mol. The Morgan fingerprint density at radius 1 is 1.18 bits per heavy atom. The normalized spacial score (nSPS) is 18.8. The van der Waals surface area contributed by atoms with E-state index in [0.717, 1.165) is 18.6 Å². The Kier molecular flexibility index (Phi) is 4.47. The zero-order valence-corrected chi connectivity index (χ0v) is 13.1. The monoisotopic (exact) mass is 303 g/mol. The summed E-state index contributed by atoms with van der Waals surface area (Å²) in [6.45, 7) is 0. The lowest BCUT2D eigenvalue weighted by Crippen LogP contribution is -2.23. The van der Waals surface area contributed by atoms with E-state index in [1.165, 1.54) is 50.5 Å². The maximum absolute atomic E-state index is 7.00. The standard InChI is InChI=1S/C15H21N5.CH4O/c16-13-8-14(18-11-4-2-1-3-5-11)19-15-12(10-6-7-10)9-17-20(13)15;1-2/h8-11H,1-7,16H2,(H,18,19);2H,1H3. The quantitative estimate of drug-likeness (QED) is 0.811. The van der Waals surface area contributed by atoms with E-state index in [4.69, 9.17) is 15.8 Å². The van der Waals surface area contributed by atoms with Crippen LogP contribution in [0.15, 0.2) is 12.3 Å². The lowest BCUT2D eigenvalue weighted by molar-refractivity contribution is 0.399. The molecule has 2 saturated carbocycles. The van der Waals surface area contributed by atoms with Gasteiger partial charge in [0.1, 0.15) is 11.6 Å². The molecule has 2 aromatic rings. The van der Waals surface area contributed by atoms with Crippen molar-refractivity contribution >= 4 is 17.3 Å². The highest BCUT2D eigenvalue weighted by molar-refractivity contribution is 5.60. The lowest BCUT2D eigenvalue weighted by Gasteiger charge is -2.23. The largest absolute Gasteiger partial charge is 0.400 e. The van der Waals surface area contributed by atoms with E-state index in [1.54, 1.807) is 4.52 Å². The molecule has 22 heavy (non-hydrogen) atoms. The van der Waals surface area contributed by atoms with E-state index in [1.807, 2.05) is 12.3 Å². The molecular formula is C16H25N5O. The average Bonchev–Trinajstić information content (AvgIpc) is 3.30. The van der Waals surface area contributed by atoms with Crippen molar-refractivity contribution in [1.82, 2.24) is 14.6 Å². The fraction of sp³-hybridized carbons (Fsp3) is 0.625. The molecule has 2 aliphatic carbocycles. The van der Waals surface area contributed by atoms with Gasteiger partial charge in [0, 0.05) is 24.8 Å². The van der Waals surface area contributed by atoms with E-state index >= 15 is 0 Å². The molecule has 0 radical (unpaired) electrons. The van der Waals surface area contributed by atoms with Crippen molar-refractivity contribution in [2.45, 2.75) is 56.9 Å². The minimum Gasteiger partial charge on any atom is -0.400 e. The van der Waals surface area contributed by atoms with Crippen LogP contribution in [0.3, 0.4) is 0 Å². The first kappa shape index (κ1) is 15.1. The molecule has 2 aliphatic rings.